The number of hydrogen-bond donors (Lipinski definition) is 1. The molecule has 1 N–H and O–H groups in total. The minimum absolute atomic E-state index is 0.0281. The van der Waals surface area contributed by atoms with Crippen molar-refractivity contribution in [1.29, 1.82) is 0 Å². The van der Waals surface area contributed by atoms with E-state index in [9.17, 15) is 48.3 Å². The number of ether oxygens (including phenoxy) is 33. The minimum atomic E-state index is -2.06. The van der Waals surface area contributed by atoms with Gasteiger partial charge in [-0.25, -0.2) is 0 Å². The highest BCUT2D eigenvalue weighted by Crippen LogP contribution is 2.44. The van der Waals surface area contributed by atoms with Crippen LogP contribution < -0.4 is 0 Å². The molecule has 9 rings (SSSR count). The topological polar surface area (TPSA) is 482 Å². The lowest BCUT2D eigenvalue weighted by atomic mass is 9.94. The van der Waals surface area contributed by atoms with E-state index in [2.05, 4.69) is 0 Å². The number of imide groups is 1. The van der Waals surface area contributed by atoms with Gasteiger partial charge >= 0.3 is 41.8 Å². The Morgan fingerprint density at radius 2 is 0.541 bits per heavy atom. The molecule has 1 aromatic carbocycles. The minimum Gasteiger partial charge on any atom is -0.463 e. The fraction of sp³-hybridized carbons (Fsp3) is 0.808. The molecule has 122 heavy (non-hydrogen) atoms. The average Bonchev–Trinajstić information content (AvgIpc) is 1.10. The lowest BCUT2D eigenvalue weighted by Gasteiger charge is -2.52. The van der Waals surface area contributed by atoms with Crippen LogP contribution in [0.5, 0.6) is 0 Å². The number of carbonyl (C=O) groups excluding carboxylic acids is 9. The lowest BCUT2D eigenvalue weighted by molar-refractivity contribution is -0.401. The number of aliphatic hydroxyl groups is 1. The van der Waals surface area contributed by atoms with E-state index in [1.165, 1.54) is 105 Å². The molecule has 8 aliphatic heterocycles. The Morgan fingerprint density at radius 3 is 0.836 bits per heavy atom. The second-order valence-electron chi connectivity index (χ2n) is 29.5. The molecule has 35 atom stereocenters. The summed E-state index contributed by atoms with van der Waals surface area (Å²) in [6.07, 6.45) is -48.0. The van der Waals surface area contributed by atoms with Gasteiger partial charge in [-0.1, -0.05) is 12.1 Å². The number of aliphatic hydroxyl groups excluding tert-OH is 1. The van der Waals surface area contributed by atoms with Gasteiger partial charge in [-0.3, -0.25) is 48.1 Å². The van der Waals surface area contributed by atoms with Crippen molar-refractivity contribution < 1.29 is 205 Å². The van der Waals surface area contributed by atoms with E-state index in [0.717, 1.165) is 53.4 Å². The van der Waals surface area contributed by atoms with Crippen molar-refractivity contribution in [2.75, 3.05) is 139 Å². The second kappa shape index (κ2) is 46.3. The normalized spacial score (nSPS) is 38.5. The quantitative estimate of drug-likeness (QED) is 0.0448. The maximum Gasteiger partial charge on any atom is 0.303 e. The summed E-state index contributed by atoms with van der Waals surface area (Å²) in [6.45, 7) is 5.67. The SMILES string of the molecule is COCC1O[C@@H](O[C@H]2C(OC)C(OC)[C@@H](O[C@H]3C(OC)C(OC)[C@@H](O[C@H]4C(CO)O[C@@H](C)C(OC)[C@H]4OC)O[C@@H]3COC)O[C@@H]2COC)C(OC)[C@@H](OC)[C@H]1O[C@@H]1OC(CN2C(=O)c3ccccc3C2=O)[C@H](O[C@H]2OC(COC(C)=O)[C@@H](O[C@H]3OC(COC(C)=O)[C@@H](OC(C)=O)C(OC(C)=O)C3OC(C)=O)C(OC(C)=O)C2OC(C)=O)[C@H](OC)C1OC. The van der Waals surface area contributed by atoms with Gasteiger partial charge in [-0.15, -0.1) is 0 Å². The Bertz CT molecular complexity index is 3530. The van der Waals surface area contributed by atoms with Crippen LogP contribution in [0.1, 0.15) is 76.1 Å². The molecule has 0 spiro atoms. The first-order valence-corrected chi connectivity index (χ1v) is 39.4. The molecule has 0 aromatic heterocycles. The van der Waals surface area contributed by atoms with Gasteiger partial charge in [0.15, 0.2) is 68.3 Å². The van der Waals surface area contributed by atoms with E-state index >= 15 is 0 Å². The first-order chi connectivity index (χ1) is 58.4. The van der Waals surface area contributed by atoms with Crippen molar-refractivity contribution in [3.63, 3.8) is 0 Å². The molecule has 0 aliphatic carbocycles. The summed E-state index contributed by atoms with van der Waals surface area (Å²) in [5.41, 5.74) is 0.0561. The largest absolute Gasteiger partial charge is 0.463 e. The van der Waals surface area contributed by atoms with Gasteiger partial charge in [0.2, 0.25) is 0 Å². The van der Waals surface area contributed by atoms with Crippen LogP contribution in [0.2, 0.25) is 0 Å². The summed E-state index contributed by atoms with van der Waals surface area (Å²) in [7, 11) is 18.3. The fourth-order valence-corrected chi connectivity index (χ4v) is 16.7. The van der Waals surface area contributed by atoms with Gasteiger partial charge in [0.05, 0.1) is 50.2 Å². The van der Waals surface area contributed by atoms with Gasteiger partial charge in [0.25, 0.3) is 11.8 Å². The average molecular weight is 1760 g/mol. The van der Waals surface area contributed by atoms with Crippen LogP contribution in [-0.2, 0) is 190 Å². The Balaban J connectivity index is 1.04. The van der Waals surface area contributed by atoms with E-state index in [1.54, 1.807) is 19.1 Å². The second-order valence-corrected chi connectivity index (χ2v) is 29.5. The number of fused-ring (bicyclic) bond motifs is 1. The van der Waals surface area contributed by atoms with Crippen molar-refractivity contribution >= 4 is 53.6 Å². The number of carbonyl (C=O) groups is 9. The molecule has 0 saturated carbocycles. The summed E-state index contributed by atoms with van der Waals surface area (Å²) in [5, 5.41) is 10.6. The predicted molar refractivity (Wildman–Crippen MR) is 399 cm³/mol. The zero-order valence-corrected chi connectivity index (χ0v) is 72.0. The molecule has 1 aromatic rings. The van der Waals surface area contributed by atoms with E-state index in [-0.39, 0.29) is 30.9 Å². The number of rotatable bonds is 40. The molecule has 0 bridgehead atoms. The van der Waals surface area contributed by atoms with E-state index in [0.29, 0.717) is 0 Å². The molecule has 8 aliphatic rings. The lowest BCUT2D eigenvalue weighted by Crippen LogP contribution is -2.70. The van der Waals surface area contributed by atoms with Crippen LogP contribution in [0.25, 0.3) is 0 Å². The molecule has 44 nitrogen and oxygen atoms in total. The molecular weight excluding hydrogens is 1640 g/mol. The summed E-state index contributed by atoms with van der Waals surface area (Å²) in [6, 6.07) is 6.02. The molecule has 44 heteroatoms. The molecule has 2 amide bonds. The molecule has 7 saturated heterocycles. The van der Waals surface area contributed by atoms with Crippen LogP contribution in [0.15, 0.2) is 24.3 Å². The molecule has 8 heterocycles. The summed E-state index contributed by atoms with van der Waals surface area (Å²) >= 11 is 0. The third-order valence-corrected chi connectivity index (χ3v) is 21.7. The third kappa shape index (κ3) is 23.1. The molecule has 0 radical (unpaired) electrons. The number of benzene rings is 1. The number of nitrogens with zero attached hydrogens (tertiary/aromatic N) is 1. The molecule has 692 valence electrons. The Hall–Kier alpha value is -6.43. The van der Waals surface area contributed by atoms with Gasteiger partial charge in [0.1, 0.15) is 154 Å². The predicted octanol–water partition coefficient (Wildman–Crippen LogP) is -1.40. The van der Waals surface area contributed by atoms with Crippen molar-refractivity contribution in [2.45, 2.75) is 270 Å². The number of methoxy groups -OCH3 is 13. The van der Waals surface area contributed by atoms with Crippen molar-refractivity contribution in [2.24, 2.45) is 0 Å². The number of hydrogen-bond acceptors (Lipinski definition) is 43. The smallest absolute Gasteiger partial charge is 0.303 e. The van der Waals surface area contributed by atoms with Crippen LogP contribution in [0.4, 0.5) is 0 Å². The monoisotopic (exact) mass is 1760 g/mol. The number of esters is 7. The summed E-state index contributed by atoms with van der Waals surface area (Å²) < 4.78 is 206. The fourth-order valence-electron chi connectivity index (χ4n) is 16.7. The first-order valence-electron chi connectivity index (χ1n) is 39.4. The Labute approximate surface area is 704 Å². The molecule has 7 fully saturated rings. The highest BCUT2D eigenvalue weighted by molar-refractivity contribution is 6.21. The Morgan fingerprint density at radius 1 is 0.295 bits per heavy atom. The van der Waals surface area contributed by atoms with E-state index in [4.69, 9.17) is 156 Å². The van der Waals surface area contributed by atoms with Crippen LogP contribution >= 0.6 is 0 Å². The highest BCUT2D eigenvalue weighted by atomic mass is 16.8. The van der Waals surface area contributed by atoms with E-state index in [1.807, 2.05) is 0 Å². The zero-order valence-electron chi connectivity index (χ0n) is 72.0. The van der Waals surface area contributed by atoms with Gasteiger partial charge < -0.3 is 161 Å². The summed E-state index contributed by atoms with van der Waals surface area (Å²) in [4.78, 5) is 121. The summed E-state index contributed by atoms with van der Waals surface area (Å²) in [5.74, 6) is -8.40. The maximum absolute atomic E-state index is 14.6. The van der Waals surface area contributed by atoms with E-state index < -0.39 is 295 Å². The van der Waals surface area contributed by atoms with Gasteiger partial charge in [0, 0.05) is 141 Å². The Kier molecular flexibility index (Phi) is 37.7. The van der Waals surface area contributed by atoms with Crippen molar-refractivity contribution in [1.82, 2.24) is 4.90 Å². The van der Waals surface area contributed by atoms with Crippen LogP contribution in [0.3, 0.4) is 0 Å². The third-order valence-electron chi connectivity index (χ3n) is 21.7. The highest BCUT2D eigenvalue weighted by Gasteiger charge is 2.63. The van der Waals surface area contributed by atoms with Crippen molar-refractivity contribution in [3.05, 3.63) is 35.4 Å². The molecular formula is C78H117NO43. The van der Waals surface area contributed by atoms with Crippen LogP contribution in [0, 0.1) is 0 Å². The van der Waals surface area contributed by atoms with Gasteiger partial charge in [-0.05, 0) is 19.1 Å². The zero-order chi connectivity index (χ0) is 89.2. The van der Waals surface area contributed by atoms with Crippen molar-refractivity contribution in [3.8, 4) is 0 Å². The standard InChI is InChI=1S/C78H117NO43/c1-33-50(93-12)58(94-13)52(44(27-80)105-33)118-74-66(100-19)61(97-16)54(46(112-74)29-91-10)120-76-68(102-21)62(98-17)55(47(114-76)30-92-11)121-75-67(101-20)60(96-15)53(45(113-75)28-90-9)119-73-65(99-18)59(95-14)51(43(111-73)26-79-71(88)41-24-22-23-25-42(41)72(79)89)117-77-70(110-40(8)87)64(108-38(6)85)57(49(116-77)32-104-35(3)82)122-78-69(109-39(7)86)63(107-37(5)84)56(106-36(4)83)48(115-78)31-103-34(2)81/h22-25,33,43-70,73-78,80H,26-32H2,1-21H3/t33-,43?,44?,45?,46+,47+,48?,49?,50?,51-,52-,53-,54+,55+,56+,57+,58+,59-,60-,61?,62?,63?,64?,65?,66?,67?,68?,69?,70?,73-,74+,75-,76+,77+,78+/m0/s1. The number of amides is 2. The molecule has 16 unspecified atom stereocenters. The first kappa shape index (κ1) is 99.3. The van der Waals surface area contributed by atoms with Crippen LogP contribution in [-0.4, -0.2) is 417 Å². The maximum atomic E-state index is 14.6. The van der Waals surface area contributed by atoms with Gasteiger partial charge in [-0.2, -0.15) is 0 Å².